The highest BCUT2D eigenvalue weighted by molar-refractivity contribution is 7.89. The number of hydrogen-bond acceptors (Lipinski definition) is 4. The molecule has 23 heavy (non-hydrogen) atoms. The Labute approximate surface area is 135 Å². The maximum Gasteiger partial charge on any atom is 0.241 e. The standard InChI is InChI=1S/C15H21FN2O4S/c1-2-14(15(20)18-9-7-12(19)8-10-18)17-23(21,22)13-5-3-11(16)4-6-13/h3-6,12,14,17,19H,2,7-10H2,1H3. The van der Waals surface area contributed by atoms with Crippen molar-refractivity contribution in [3.63, 3.8) is 0 Å². The summed E-state index contributed by atoms with van der Waals surface area (Å²) in [5.74, 6) is -0.830. The number of aliphatic hydroxyl groups excluding tert-OH is 1. The number of likely N-dealkylation sites (tertiary alicyclic amines) is 1. The van der Waals surface area contributed by atoms with Crippen molar-refractivity contribution in [3.8, 4) is 0 Å². The number of nitrogens with zero attached hydrogens (tertiary/aromatic N) is 1. The average Bonchev–Trinajstić information content (AvgIpc) is 2.53. The molecule has 128 valence electrons. The highest BCUT2D eigenvalue weighted by atomic mass is 32.2. The van der Waals surface area contributed by atoms with Gasteiger partial charge in [0.25, 0.3) is 0 Å². The topological polar surface area (TPSA) is 86.7 Å². The first-order chi connectivity index (χ1) is 10.8. The summed E-state index contributed by atoms with van der Waals surface area (Å²) < 4.78 is 39.9. The lowest BCUT2D eigenvalue weighted by Gasteiger charge is -2.32. The fourth-order valence-electron chi connectivity index (χ4n) is 2.48. The van der Waals surface area contributed by atoms with E-state index < -0.39 is 28.0 Å². The van der Waals surface area contributed by atoms with Gasteiger partial charge in [0, 0.05) is 13.1 Å². The molecule has 6 nitrogen and oxygen atoms in total. The van der Waals surface area contributed by atoms with Crippen molar-refractivity contribution in [2.45, 2.75) is 43.2 Å². The molecule has 1 aromatic carbocycles. The van der Waals surface area contributed by atoms with Crippen LogP contribution in [0.4, 0.5) is 4.39 Å². The number of carbonyl (C=O) groups is 1. The van der Waals surface area contributed by atoms with Gasteiger partial charge in [-0.1, -0.05) is 6.92 Å². The molecule has 0 aromatic heterocycles. The summed E-state index contributed by atoms with van der Waals surface area (Å²) in [6.45, 7) is 2.54. The van der Waals surface area contributed by atoms with Crippen LogP contribution in [0.2, 0.25) is 0 Å². The molecule has 8 heteroatoms. The fourth-order valence-corrected chi connectivity index (χ4v) is 3.76. The average molecular weight is 344 g/mol. The zero-order valence-corrected chi connectivity index (χ0v) is 13.7. The second-order valence-electron chi connectivity index (χ2n) is 5.59. The van der Waals surface area contributed by atoms with Gasteiger partial charge in [0.15, 0.2) is 0 Å². The number of carbonyl (C=O) groups excluding carboxylic acids is 1. The van der Waals surface area contributed by atoms with Gasteiger partial charge in [0.05, 0.1) is 11.0 Å². The monoisotopic (exact) mass is 344 g/mol. The zero-order chi connectivity index (χ0) is 17.0. The smallest absolute Gasteiger partial charge is 0.241 e. The second kappa shape index (κ2) is 7.37. The Balaban J connectivity index is 2.08. The van der Waals surface area contributed by atoms with E-state index >= 15 is 0 Å². The number of aliphatic hydroxyl groups is 1. The number of sulfonamides is 1. The van der Waals surface area contributed by atoms with E-state index in [9.17, 15) is 22.7 Å². The van der Waals surface area contributed by atoms with E-state index in [2.05, 4.69) is 4.72 Å². The lowest BCUT2D eigenvalue weighted by atomic mass is 10.1. The van der Waals surface area contributed by atoms with E-state index in [4.69, 9.17) is 0 Å². The first-order valence-corrected chi connectivity index (χ1v) is 9.06. The Hall–Kier alpha value is -1.51. The van der Waals surface area contributed by atoms with E-state index in [0.717, 1.165) is 24.3 Å². The van der Waals surface area contributed by atoms with Gasteiger partial charge in [-0.05, 0) is 43.5 Å². The van der Waals surface area contributed by atoms with Crippen LogP contribution in [-0.4, -0.2) is 49.6 Å². The molecule has 1 unspecified atom stereocenters. The van der Waals surface area contributed by atoms with Crippen LogP contribution >= 0.6 is 0 Å². The van der Waals surface area contributed by atoms with E-state index in [0.29, 0.717) is 32.4 Å². The molecule has 0 radical (unpaired) electrons. The fraction of sp³-hybridized carbons (Fsp3) is 0.533. The molecule has 1 amide bonds. The molecule has 2 rings (SSSR count). The van der Waals surface area contributed by atoms with E-state index in [-0.39, 0.29) is 10.8 Å². The first-order valence-electron chi connectivity index (χ1n) is 7.58. The van der Waals surface area contributed by atoms with Gasteiger partial charge in [-0.15, -0.1) is 0 Å². The highest BCUT2D eigenvalue weighted by Gasteiger charge is 2.30. The molecule has 1 saturated heterocycles. The van der Waals surface area contributed by atoms with E-state index in [1.807, 2.05) is 0 Å². The number of hydrogen-bond donors (Lipinski definition) is 2. The predicted octanol–water partition coefficient (Wildman–Crippen LogP) is 0.866. The van der Waals surface area contributed by atoms with Crippen molar-refractivity contribution in [1.29, 1.82) is 0 Å². The largest absolute Gasteiger partial charge is 0.393 e. The normalized spacial score (nSPS) is 18.0. The lowest BCUT2D eigenvalue weighted by Crippen LogP contribution is -2.50. The van der Waals surface area contributed by atoms with Crippen molar-refractivity contribution in [1.82, 2.24) is 9.62 Å². The summed E-state index contributed by atoms with van der Waals surface area (Å²) in [5, 5.41) is 9.48. The molecule has 1 aromatic rings. The van der Waals surface area contributed by atoms with Crippen molar-refractivity contribution >= 4 is 15.9 Å². The third-order valence-corrected chi connectivity index (χ3v) is 5.39. The number of benzene rings is 1. The van der Waals surface area contributed by atoms with Gasteiger partial charge in [0.2, 0.25) is 15.9 Å². The summed E-state index contributed by atoms with van der Waals surface area (Å²) in [6.07, 6.45) is 0.882. The van der Waals surface area contributed by atoms with E-state index in [1.54, 1.807) is 11.8 Å². The van der Waals surface area contributed by atoms with Crippen molar-refractivity contribution < 1.29 is 22.7 Å². The van der Waals surface area contributed by atoms with Gasteiger partial charge in [0.1, 0.15) is 11.9 Å². The van der Waals surface area contributed by atoms with Crippen LogP contribution in [0.15, 0.2) is 29.2 Å². The summed E-state index contributed by atoms with van der Waals surface area (Å²) in [4.78, 5) is 13.9. The van der Waals surface area contributed by atoms with Crippen LogP contribution in [0.1, 0.15) is 26.2 Å². The zero-order valence-electron chi connectivity index (χ0n) is 12.9. The highest BCUT2D eigenvalue weighted by Crippen LogP contribution is 2.15. The Morgan fingerprint density at radius 3 is 2.43 bits per heavy atom. The number of amides is 1. The number of piperidine rings is 1. The number of rotatable bonds is 5. The van der Waals surface area contributed by atoms with Gasteiger partial charge in [-0.25, -0.2) is 12.8 Å². The molecule has 1 atom stereocenters. The summed E-state index contributed by atoms with van der Waals surface area (Å²) >= 11 is 0. The molecular weight excluding hydrogens is 323 g/mol. The second-order valence-corrected chi connectivity index (χ2v) is 7.31. The molecular formula is C15H21FN2O4S. The minimum Gasteiger partial charge on any atom is -0.393 e. The first kappa shape index (κ1) is 17.8. The Morgan fingerprint density at radius 2 is 1.91 bits per heavy atom. The van der Waals surface area contributed by atoms with Gasteiger partial charge < -0.3 is 10.0 Å². The van der Waals surface area contributed by atoms with Crippen molar-refractivity contribution in [2.75, 3.05) is 13.1 Å². The third-order valence-electron chi connectivity index (χ3n) is 3.90. The maximum atomic E-state index is 12.9. The molecule has 0 saturated carbocycles. The molecule has 1 fully saturated rings. The molecule has 1 aliphatic heterocycles. The molecule has 2 N–H and O–H groups in total. The quantitative estimate of drug-likeness (QED) is 0.830. The molecule has 1 heterocycles. The van der Waals surface area contributed by atoms with Gasteiger partial charge >= 0.3 is 0 Å². The van der Waals surface area contributed by atoms with Crippen molar-refractivity contribution in [3.05, 3.63) is 30.1 Å². The van der Waals surface area contributed by atoms with Gasteiger partial charge in [-0.2, -0.15) is 4.72 Å². The number of halogens is 1. The summed E-state index contributed by atoms with van der Waals surface area (Å²) in [7, 11) is -3.90. The van der Waals surface area contributed by atoms with Crippen LogP contribution in [0.3, 0.4) is 0 Å². The lowest BCUT2D eigenvalue weighted by molar-refractivity contribution is -0.135. The summed E-state index contributed by atoms with van der Waals surface area (Å²) in [5.41, 5.74) is 0. The van der Waals surface area contributed by atoms with Gasteiger partial charge in [-0.3, -0.25) is 4.79 Å². The van der Waals surface area contributed by atoms with Crippen LogP contribution in [-0.2, 0) is 14.8 Å². The van der Waals surface area contributed by atoms with Crippen LogP contribution in [0, 0.1) is 5.82 Å². The molecule has 0 spiro atoms. The molecule has 0 bridgehead atoms. The molecule has 0 aliphatic carbocycles. The Morgan fingerprint density at radius 1 is 1.35 bits per heavy atom. The third kappa shape index (κ3) is 4.49. The number of nitrogens with one attached hydrogen (secondary N) is 1. The van der Waals surface area contributed by atoms with E-state index in [1.165, 1.54) is 0 Å². The SMILES string of the molecule is CCC(NS(=O)(=O)c1ccc(F)cc1)C(=O)N1CCC(O)CC1. The predicted molar refractivity (Wildman–Crippen MR) is 82.6 cm³/mol. The van der Waals surface area contributed by atoms with Crippen molar-refractivity contribution in [2.24, 2.45) is 0 Å². The van der Waals surface area contributed by atoms with Crippen LogP contribution in [0.25, 0.3) is 0 Å². The summed E-state index contributed by atoms with van der Waals surface area (Å²) in [6, 6.07) is 3.56. The van der Waals surface area contributed by atoms with Crippen LogP contribution < -0.4 is 4.72 Å². The Bertz CT molecular complexity index is 640. The molecule has 1 aliphatic rings. The minimum absolute atomic E-state index is 0.0841. The van der Waals surface area contributed by atoms with Crippen LogP contribution in [0.5, 0.6) is 0 Å². The Kier molecular flexibility index (Phi) is 5.72. The maximum absolute atomic E-state index is 12.9. The minimum atomic E-state index is -3.90.